The van der Waals surface area contributed by atoms with Crippen LogP contribution in [0.2, 0.25) is 10.6 Å². The van der Waals surface area contributed by atoms with Crippen LogP contribution in [0.1, 0.15) is 27.7 Å². The van der Waals surface area contributed by atoms with Gasteiger partial charge in [0.25, 0.3) is 0 Å². The van der Waals surface area contributed by atoms with Gasteiger partial charge >= 0.3 is 14.5 Å². The van der Waals surface area contributed by atoms with Gasteiger partial charge in [-0.05, 0) is 26.0 Å². The molecule has 0 saturated carbocycles. The van der Waals surface area contributed by atoms with Crippen LogP contribution in [0, 0.1) is 0 Å². The minimum Gasteiger partial charge on any atom is -0.641 e. The van der Waals surface area contributed by atoms with E-state index in [1.54, 1.807) is 0 Å². The number of para-hydroxylation sites is 2. The van der Waals surface area contributed by atoms with E-state index in [9.17, 15) is 0 Å². The Morgan fingerprint density at radius 1 is 1.19 bits per heavy atom. The number of hydrogen-bond acceptors (Lipinski definition) is 2. The van der Waals surface area contributed by atoms with Gasteiger partial charge in [0.15, 0.2) is 0 Å². The standard InChI is InChI=1S/C9H11NO.2C2H5.Al/c1-7(2)10-8-5-3-4-6-9(8)11;2*1-2;/h3-6,11H,1-2H3;2*1H2,2H3;/q;;;+1/p-1. The molecule has 0 aliphatic rings. The van der Waals surface area contributed by atoms with Crippen LogP contribution in [0.3, 0.4) is 0 Å². The predicted octanol–water partition coefficient (Wildman–Crippen LogP) is 4.21. The van der Waals surface area contributed by atoms with E-state index >= 15 is 0 Å². The first-order chi connectivity index (χ1) is 7.67. The molecule has 0 aliphatic heterocycles. The van der Waals surface area contributed by atoms with Crippen molar-refractivity contribution >= 4 is 25.9 Å². The molecule has 0 bridgehead atoms. The van der Waals surface area contributed by atoms with Crippen LogP contribution in [0.15, 0.2) is 29.3 Å². The van der Waals surface area contributed by atoms with Gasteiger partial charge in [0.2, 0.25) is 0 Å². The van der Waals surface area contributed by atoms with Crippen molar-refractivity contribution in [1.82, 2.24) is 0 Å². The van der Waals surface area contributed by atoms with E-state index in [2.05, 4.69) is 18.8 Å². The Hall–Kier alpha value is -0.778. The molecule has 0 spiro atoms. The molecule has 1 rings (SSSR count). The number of aliphatic imine (C=N–C) groups is 1. The molecule has 0 radical (unpaired) electrons. The Morgan fingerprint density at radius 2 is 1.81 bits per heavy atom. The summed E-state index contributed by atoms with van der Waals surface area (Å²) in [6.45, 7) is 8.42. The van der Waals surface area contributed by atoms with Crippen molar-refractivity contribution in [1.29, 1.82) is 0 Å². The van der Waals surface area contributed by atoms with E-state index < -0.39 is 14.5 Å². The number of rotatable bonds is 5. The number of hydrogen-bond donors (Lipinski definition) is 0. The van der Waals surface area contributed by atoms with Crippen molar-refractivity contribution in [3.8, 4) is 5.75 Å². The molecule has 0 N–H and O–H groups in total. The lowest BCUT2D eigenvalue weighted by atomic mass is 10.3. The van der Waals surface area contributed by atoms with E-state index in [0.29, 0.717) is 0 Å². The highest BCUT2D eigenvalue weighted by Crippen LogP contribution is 2.28. The van der Waals surface area contributed by atoms with Crippen LogP contribution >= 0.6 is 0 Å². The van der Waals surface area contributed by atoms with E-state index in [0.717, 1.165) is 17.1 Å². The Balaban J connectivity index is 2.90. The molecule has 1 aromatic carbocycles. The Labute approximate surface area is 103 Å². The molecule has 0 fully saturated rings. The zero-order valence-corrected chi connectivity index (χ0v) is 11.8. The molecule has 0 aromatic heterocycles. The van der Waals surface area contributed by atoms with Gasteiger partial charge in [-0.25, -0.2) is 0 Å². The van der Waals surface area contributed by atoms with Crippen LogP contribution in [0.5, 0.6) is 5.75 Å². The van der Waals surface area contributed by atoms with Gasteiger partial charge in [-0.2, -0.15) is 0 Å². The van der Waals surface area contributed by atoms with E-state index in [4.69, 9.17) is 3.79 Å². The molecule has 0 aliphatic carbocycles. The average molecular weight is 233 g/mol. The summed E-state index contributed by atoms with van der Waals surface area (Å²) in [7, 11) is 0. The summed E-state index contributed by atoms with van der Waals surface area (Å²) >= 11 is -1.06. The van der Waals surface area contributed by atoms with Crippen molar-refractivity contribution in [2.24, 2.45) is 4.99 Å². The fourth-order valence-electron chi connectivity index (χ4n) is 1.52. The van der Waals surface area contributed by atoms with Gasteiger partial charge < -0.3 is 3.79 Å². The average Bonchev–Trinajstić information content (AvgIpc) is 2.27. The van der Waals surface area contributed by atoms with E-state index in [1.807, 2.05) is 38.1 Å². The largest absolute Gasteiger partial charge is 0.641 e. The molecule has 86 valence electrons. The Bertz CT molecular complexity index is 355. The summed E-state index contributed by atoms with van der Waals surface area (Å²) in [5, 5.41) is 2.33. The fourth-order valence-corrected chi connectivity index (χ4v) is 2.99. The SMILES string of the molecule is C[CH2][Al]([CH2]C)[O]c1ccccc1N=C(C)C. The lowest BCUT2D eigenvalue weighted by Gasteiger charge is -2.14. The highest BCUT2D eigenvalue weighted by Gasteiger charge is 2.18. The van der Waals surface area contributed by atoms with Crippen molar-refractivity contribution < 1.29 is 3.79 Å². The third-order valence-corrected chi connectivity index (χ3v) is 4.82. The summed E-state index contributed by atoms with van der Waals surface area (Å²) in [5.74, 6) is 0.948. The van der Waals surface area contributed by atoms with Crippen LogP contribution in [0.4, 0.5) is 5.69 Å². The van der Waals surface area contributed by atoms with Crippen molar-refractivity contribution in [3.63, 3.8) is 0 Å². The van der Waals surface area contributed by atoms with Crippen LogP contribution in [-0.2, 0) is 0 Å². The molecule has 0 heterocycles. The Morgan fingerprint density at radius 3 is 2.38 bits per heavy atom. The fraction of sp³-hybridized carbons (Fsp3) is 0.462. The van der Waals surface area contributed by atoms with E-state index in [1.165, 1.54) is 10.6 Å². The lowest BCUT2D eigenvalue weighted by molar-refractivity contribution is 0.567. The summed E-state index contributed by atoms with van der Waals surface area (Å²) < 4.78 is 6.08. The highest BCUT2D eigenvalue weighted by atomic mass is 27.2. The molecule has 2 nitrogen and oxygen atoms in total. The second-order valence-electron chi connectivity index (χ2n) is 4.08. The third-order valence-electron chi connectivity index (χ3n) is 2.41. The molecule has 1 aromatic rings. The lowest BCUT2D eigenvalue weighted by Crippen LogP contribution is -2.18. The second-order valence-corrected chi connectivity index (χ2v) is 7.20. The van der Waals surface area contributed by atoms with Gasteiger partial charge in [-0.15, -0.1) is 0 Å². The number of nitrogens with zero attached hydrogens (tertiary/aromatic N) is 1. The van der Waals surface area contributed by atoms with Gasteiger partial charge in [-0.1, -0.05) is 36.5 Å². The molecule has 0 amide bonds. The maximum absolute atomic E-state index is 6.08. The molecular weight excluding hydrogens is 213 g/mol. The quantitative estimate of drug-likeness (QED) is 0.551. The smallest absolute Gasteiger partial charge is 0.546 e. The minimum absolute atomic E-state index is 0.948. The van der Waals surface area contributed by atoms with Gasteiger partial charge in [0, 0.05) is 5.71 Å². The monoisotopic (exact) mass is 233 g/mol. The highest BCUT2D eigenvalue weighted by molar-refractivity contribution is 6.52. The van der Waals surface area contributed by atoms with Crippen LogP contribution < -0.4 is 3.79 Å². The molecule has 0 saturated heterocycles. The van der Waals surface area contributed by atoms with Crippen molar-refractivity contribution in [2.45, 2.75) is 38.3 Å². The van der Waals surface area contributed by atoms with Crippen LogP contribution in [0.25, 0.3) is 0 Å². The normalized spacial score (nSPS) is 9.75. The predicted molar refractivity (Wildman–Crippen MR) is 72.2 cm³/mol. The van der Waals surface area contributed by atoms with Crippen molar-refractivity contribution in [3.05, 3.63) is 24.3 Å². The zero-order valence-electron chi connectivity index (χ0n) is 10.7. The van der Waals surface area contributed by atoms with Gasteiger partial charge in [-0.3, -0.25) is 4.99 Å². The van der Waals surface area contributed by atoms with Gasteiger partial charge in [0.1, 0.15) is 11.4 Å². The molecular formula is C13H20AlNO. The first-order valence-electron chi connectivity index (χ1n) is 5.95. The molecule has 0 atom stereocenters. The summed E-state index contributed by atoms with van der Waals surface area (Å²) in [6, 6.07) is 8.05. The van der Waals surface area contributed by atoms with Gasteiger partial charge in [0.05, 0.1) is 0 Å². The van der Waals surface area contributed by atoms with Crippen LogP contribution in [-0.4, -0.2) is 20.2 Å². The maximum atomic E-state index is 6.08. The first kappa shape index (κ1) is 13.3. The van der Waals surface area contributed by atoms with Crippen molar-refractivity contribution in [2.75, 3.05) is 0 Å². The third kappa shape index (κ3) is 4.00. The number of benzene rings is 1. The molecule has 3 heteroatoms. The minimum atomic E-state index is -1.06. The summed E-state index contributed by atoms with van der Waals surface area (Å²) in [5.41, 5.74) is 2.02. The summed E-state index contributed by atoms with van der Waals surface area (Å²) in [6.07, 6.45) is 0. The first-order valence-corrected chi connectivity index (χ1v) is 8.05. The van der Waals surface area contributed by atoms with E-state index in [-0.39, 0.29) is 0 Å². The Kier molecular flexibility index (Phi) is 5.59. The zero-order chi connectivity index (χ0) is 12.0. The topological polar surface area (TPSA) is 21.6 Å². The summed E-state index contributed by atoms with van der Waals surface area (Å²) in [4.78, 5) is 4.49. The molecule has 0 unspecified atom stereocenters. The molecule has 16 heavy (non-hydrogen) atoms. The second kappa shape index (κ2) is 6.73. The maximum Gasteiger partial charge on any atom is 0.546 e.